The van der Waals surface area contributed by atoms with Gasteiger partial charge in [0.15, 0.2) is 0 Å². The number of carbonyl (C=O) groups is 2. The third-order valence-corrected chi connectivity index (χ3v) is 3.88. The van der Waals surface area contributed by atoms with Crippen LogP contribution in [0.2, 0.25) is 0 Å². The number of ether oxygens (including phenoxy) is 1. The number of carbonyl (C=O) groups excluding carboxylic acids is 2. The van der Waals surface area contributed by atoms with Crippen LogP contribution in [0.25, 0.3) is 0 Å². The SMILES string of the molecule is O=C(CNC(=O)Nc1cccc(OCc2ccc(F)cc2)c1)Nc1ccccc1. The Hall–Kier alpha value is -3.87. The summed E-state index contributed by atoms with van der Waals surface area (Å²) in [6.45, 7) is 0.108. The van der Waals surface area contributed by atoms with E-state index in [4.69, 9.17) is 4.74 Å². The highest BCUT2D eigenvalue weighted by molar-refractivity contribution is 5.96. The molecule has 7 heteroatoms. The zero-order valence-corrected chi connectivity index (χ0v) is 15.5. The number of amides is 3. The zero-order valence-electron chi connectivity index (χ0n) is 15.5. The highest BCUT2D eigenvalue weighted by Crippen LogP contribution is 2.18. The van der Waals surface area contributed by atoms with Crippen LogP contribution in [0, 0.1) is 5.82 Å². The minimum absolute atomic E-state index is 0.165. The molecule has 0 unspecified atom stereocenters. The van der Waals surface area contributed by atoms with Gasteiger partial charge in [-0.25, -0.2) is 9.18 Å². The molecule has 0 aliphatic rings. The molecule has 0 fully saturated rings. The van der Waals surface area contributed by atoms with Gasteiger partial charge >= 0.3 is 6.03 Å². The standard InChI is InChI=1S/C22H20FN3O3/c23-17-11-9-16(10-12-17)15-29-20-8-4-7-19(13-20)26-22(28)24-14-21(27)25-18-5-2-1-3-6-18/h1-13H,14-15H2,(H,25,27)(H2,24,26,28). The van der Waals surface area contributed by atoms with Crippen LogP contribution >= 0.6 is 0 Å². The molecule has 0 heterocycles. The molecule has 0 aliphatic heterocycles. The molecule has 0 saturated heterocycles. The Bertz CT molecular complexity index is 963. The number of rotatable bonds is 7. The average molecular weight is 393 g/mol. The van der Waals surface area contributed by atoms with Gasteiger partial charge in [0.05, 0.1) is 6.54 Å². The summed E-state index contributed by atoms with van der Waals surface area (Å²) in [6.07, 6.45) is 0. The summed E-state index contributed by atoms with van der Waals surface area (Å²) in [5.41, 5.74) is 2.00. The second-order valence-corrected chi connectivity index (χ2v) is 6.16. The molecule has 0 saturated carbocycles. The summed E-state index contributed by atoms with van der Waals surface area (Å²) in [5.74, 6) is -0.0833. The molecular weight excluding hydrogens is 373 g/mol. The van der Waals surface area contributed by atoms with Gasteiger partial charge in [-0.1, -0.05) is 36.4 Å². The monoisotopic (exact) mass is 393 g/mol. The Balaban J connectivity index is 1.45. The number of nitrogens with one attached hydrogen (secondary N) is 3. The van der Waals surface area contributed by atoms with E-state index in [0.717, 1.165) is 5.56 Å². The van der Waals surface area contributed by atoms with E-state index in [2.05, 4.69) is 16.0 Å². The fourth-order valence-electron chi connectivity index (χ4n) is 2.47. The maximum absolute atomic E-state index is 12.9. The van der Waals surface area contributed by atoms with Crippen LogP contribution in [-0.4, -0.2) is 18.5 Å². The van der Waals surface area contributed by atoms with Gasteiger partial charge in [-0.15, -0.1) is 0 Å². The van der Waals surface area contributed by atoms with Crippen molar-refractivity contribution in [2.24, 2.45) is 0 Å². The summed E-state index contributed by atoms with van der Waals surface area (Å²) >= 11 is 0. The van der Waals surface area contributed by atoms with Gasteiger partial charge < -0.3 is 20.7 Å². The van der Waals surface area contributed by atoms with Crippen LogP contribution in [0.5, 0.6) is 5.75 Å². The van der Waals surface area contributed by atoms with Crippen LogP contribution < -0.4 is 20.7 Å². The highest BCUT2D eigenvalue weighted by Gasteiger charge is 2.07. The van der Waals surface area contributed by atoms with E-state index in [1.165, 1.54) is 12.1 Å². The first kappa shape index (κ1) is 19.9. The van der Waals surface area contributed by atoms with E-state index in [1.807, 2.05) is 6.07 Å². The molecule has 148 valence electrons. The minimum atomic E-state index is -0.510. The molecular formula is C22H20FN3O3. The van der Waals surface area contributed by atoms with Gasteiger partial charge in [-0.2, -0.15) is 0 Å². The molecule has 3 aromatic carbocycles. The normalized spacial score (nSPS) is 10.1. The van der Waals surface area contributed by atoms with Crippen molar-refractivity contribution in [2.75, 3.05) is 17.2 Å². The van der Waals surface area contributed by atoms with E-state index in [9.17, 15) is 14.0 Å². The average Bonchev–Trinajstić information content (AvgIpc) is 2.73. The lowest BCUT2D eigenvalue weighted by atomic mass is 10.2. The van der Waals surface area contributed by atoms with Crippen LogP contribution in [0.4, 0.5) is 20.6 Å². The summed E-state index contributed by atoms with van der Waals surface area (Å²) in [6, 6.07) is 21.3. The number of hydrogen-bond donors (Lipinski definition) is 3. The number of halogens is 1. The van der Waals surface area contributed by atoms with Crippen molar-refractivity contribution in [3.8, 4) is 5.75 Å². The van der Waals surface area contributed by atoms with Crippen LogP contribution in [0.1, 0.15) is 5.56 Å². The van der Waals surface area contributed by atoms with Crippen LogP contribution in [0.3, 0.4) is 0 Å². The fourth-order valence-corrected chi connectivity index (χ4v) is 2.47. The summed E-state index contributed by atoms with van der Waals surface area (Å²) in [5, 5.41) is 7.82. The maximum atomic E-state index is 12.9. The number of urea groups is 1. The molecule has 3 aromatic rings. The second-order valence-electron chi connectivity index (χ2n) is 6.16. The van der Waals surface area contributed by atoms with Crippen molar-refractivity contribution in [1.82, 2.24) is 5.32 Å². The quantitative estimate of drug-likeness (QED) is 0.564. The first-order chi connectivity index (χ1) is 14.1. The van der Waals surface area contributed by atoms with Crippen LogP contribution in [0.15, 0.2) is 78.9 Å². The molecule has 0 atom stereocenters. The lowest BCUT2D eigenvalue weighted by Gasteiger charge is -2.10. The third kappa shape index (κ3) is 6.66. The van der Waals surface area contributed by atoms with E-state index in [0.29, 0.717) is 17.1 Å². The molecule has 3 N–H and O–H groups in total. The van der Waals surface area contributed by atoms with Crippen molar-refractivity contribution < 1.29 is 18.7 Å². The lowest BCUT2D eigenvalue weighted by molar-refractivity contribution is -0.115. The van der Waals surface area contributed by atoms with Gasteiger partial charge in [0.1, 0.15) is 18.2 Å². The fraction of sp³-hybridized carbons (Fsp3) is 0.0909. The van der Waals surface area contributed by atoms with Gasteiger partial charge in [0.25, 0.3) is 0 Å². The number of para-hydroxylation sites is 1. The van der Waals surface area contributed by atoms with Gasteiger partial charge in [0.2, 0.25) is 5.91 Å². The number of anilines is 2. The minimum Gasteiger partial charge on any atom is -0.489 e. The molecule has 3 amide bonds. The van der Waals surface area contributed by atoms with E-state index in [-0.39, 0.29) is 24.9 Å². The van der Waals surface area contributed by atoms with Crippen molar-refractivity contribution in [2.45, 2.75) is 6.61 Å². The Morgan fingerprint density at radius 1 is 0.828 bits per heavy atom. The van der Waals surface area contributed by atoms with Gasteiger partial charge in [-0.3, -0.25) is 4.79 Å². The largest absolute Gasteiger partial charge is 0.489 e. The molecule has 0 radical (unpaired) electrons. The third-order valence-electron chi connectivity index (χ3n) is 3.88. The number of benzene rings is 3. The summed E-state index contributed by atoms with van der Waals surface area (Å²) in [7, 11) is 0. The topological polar surface area (TPSA) is 79.5 Å². The first-order valence-corrected chi connectivity index (χ1v) is 8.95. The molecule has 0 spiro atoms. The predicted octanol–water partition coefficient (Wildman–Crippen LogP) is 4.16. The van der Waals surface area contributed by atoms with Crippen molar-refractivity contribution >= 4 is 23.3 Å². The molecule has 0 bridgehead atoms. The number of hydrogen-bond acceptors (Lipinski definition) is 3. The van der Waals surface area contributed by atoms with Crippen molar-refractivity contribution in [3.05, 3.63) is 90.2 Å². The second kappa shape index (κ2) is 9.89. The van der Waals surface area contributed by atoms with E-state index >= 15 is 0 Å². The predicted molar refractivity (Wildman–Crippen MR) is 109 cm³/mol. The Morgan fingerprint density at radius 3 is 2.31 bits per heavy atom. The summed E-state index contributed by atoms with van der Waals surface area (Å²) < 4.78 is 18.6. The van der Waals surface area contributed by atoms with Crippen molar-refractivity contribution in [3.63, 3.8) is 0 Å². The summed E-state index contributed by atoms with van der Waals surface area (Å²) in [4.78, 5) is 23.9. The van der Waals surface area contributed by atoms with Gasteiger partial charge in [-0.05, 0) is 42.0 Å². The van der Waals surface area contributed by atoms with Gasteiger partial charge in [0, 0.05) is 17.4 Å². The Morgan fingerprint density at radius 2 is 1.55 bits per heavy atom. The van der Waals surface area contributed by atoms with Crippen molar-refractivity contribution in [1.29, 1.82) is 0 Å². The smallest absolute Gasteiger partial charge is 0.319 e. The Kier molecular flexibility index (Phi) is 6.78. The molecule has 0 aliphatic carbocycles. The molecule has 6 nitrogen and oxygen atoms in total. The maximum Gasteiger partial charge on any atom is 0.319 e. The highest BCUT2D eigenvalue weighted by atomic mass is 19.1. The molecule has 0 aromatic heterocycles. The van der Waals surface area contributed by atoms with E-state index < -0.39 is 6.03 Å². The van der Waals surface area contributed by atoms with Crippen LogP contribution in [-0.2, 0) is 11.4 Å². The van der Waals surface area contributed by atoms with E-state index in [1.54, 1.807) is 60.7 Å². The molecule has 29 heavy (non-hydrogen) atoms. The zero-order chi connectivity index (χ0) is 20.5. The lowest BCUT2D eigenvalue weighted by Crippen LogP contribution is -2.35. The molecule has 3 rings (SSSR count). The Labute approximate surface area is 167 Å². The first-order valence-electron chi connectivity index (χ1n) is 8.95.